The second kappa shape index (κ2) is 7.17. The molecule has 2 N–H and O–H groups in total. The SMILES string of the molecule is CN1CCSCC1C(N)CCCc1ccccc1. The van der Waals surface area contributed by atoms with Gasteiger partial charge >= 0.3 is 0 Å². The van der Waals surface area contributed by atoms with Gasteiger partial charge in [-0.1, -0.05) is 30.3 Å². The molecule has 2 atom stereocenters. The minimum Gasteiger partial charge on any atom is -0.326 e. The van der Waals surface area contributed by atoms with Gasteiger partial charge in [0.1, 0.15) is 0 Å². The maximum Gasteiger partial charge on any atom is 0.0335 e. The summed E-state index contributed by atoms with van der Waals surface area (Å²) in [5.41, 5.74) is 7.77. The van der Waals surface area contributed by atoms with Crippen LogP contribution in [0, 0.1) is 0 Å². The summed E-state index contributed by atoms with van der Waals surface area (Å²) >= 11 is 2.04. The second-order valence-corrected chi connectivity index (χ2v) is 6.31. The average Bonchev–Trinajstić information content (AvgIpc) is 2.40. The van der Waals surface area contributed by atoms with Gasteiger partial charge in [0.2, 0.25) is 0 Å². The summed E-state index contributed by atoms with van der Waals surface area (Å²) in [7, 11) is 2.21. The number of nitrogens with two attached hydrogens (primary N) is 1. The first-order chi connectivity index (χ1) is 8.77. The Hall–Kier alpha value is -0.510. The van der Waals surface area contributed by atoms with Crippen molar-refractivity contribution in [2.24, 2.45) is 5.73 Å². The first kappa shape index (κ1) is 13.9. The van der Waals surface area contributed by atoms with Crippen LogP contribution in [0.5, 0.6) is 0 Å². The molecule has 1 fully saturated rings. The van der Waals surface area contributed by atoms with E-state index in [0.717, 1.165) is 12.8 Å². The van der Waals surface area contributed by atoms with Crippen LogP contribution in [0.3, 0.4) is 0 Å². The molecule has 18 heavy (non-hydrogen) atoms. The van der Waals surface area contributed by atoms with Gasteiger partial charge in [-0.15, -0.1) is 0 Å². The fourth-order valence-corrected chi connectivity index (χ4v) is 3.86. The number of hydrogen-bond donors (Lipinski definition) is 1. The summed E-state index contributed by atoms with van der Waals surface area (Å²) in [6, 6.07) is 11.6. The Labute approximate surface area is 115 Å². The summed E-state index contributed by atoms with van der Waals surface area (Å²) in [5, 5.41) is 0. The van der Waals surface area contributed by atoms with Crippen molar-refractivity contribution in [2.75, 3.05) is 25.1 Å². The normalized spacial score (nSPS) is 22.9. The summed E-state index contributed by atoms with van der Waals surface area (Å²) < 4.78 is 0. The molecule has 100 valence electrons. The monoisotopic (exact) mass is 264 g/mol. The summed E-state index contributed by atoms with van der Waals surface area (Å²) in [6.07, 6.45) is 3.47. The van der Waals surface area contributed by atoms with Crippen LogP contribution < -0.4 is 5.73 Å². The zero-order chi connectivity index (χ0) is 12.8. The predicted octanol–water partition coefficient (Wildman–Crippen LogP) is 2.38. The quantitative estimate of drug-likeness (QED) is 0.885. The lowest BCUT2D eigenvalue weighted by Crippen LogP contribution is -2.50. The summed E-state index contributed by atoms with van der Waals surface area (Å²) in [5.74, 6) is 2.45. The largest absolute Gasteiger partial charge is 0.326 e. The van der Waals surface area contributed by atoms with Crippen LogP contribution in [0.1, 0.15) is 18.4 Å². The molecule has 1 aliphatic heterocycles. The standard InChI is InChI=1S/C15H24N2S/c1-17-10-11-18-12-15(17)14(16)9-5-8-13-6-3-2-4-7-13/h2-4,6-7,14-15H,5,8-12,16H2,1H3. The van der Waals surface area contributed by atoms with Gasteiger partial charge in [0.05, 0.1) is 0 Å². The lowest BCUT2D eigenvalue weighted by molar-refractivity contribution is 0.229. The van der Waals surface area contributed by atoms with E-state index >= 15 is 0 Å². The van der Waals surface area contributed by atoms with Gasteiger partial charge in [0, 0.05) is 30.1 Å². The first-order valence-corrected chi connectivity index (χ1v) is 8.00. The molecule has 0 amide bonds. The molecule has 2 nitrogen and oxygen atoms in total. The molecule has 1 aromatic carbocycles. The van der Waals surface area contributed by atoms with Crippen LogP contribution in [0.25, 0.3) is 0 Å². The maximum absolute atomic E-state index is 6.35. The molecule has 0 radical (unpaired) electrons. The van der Waals surface area contributed by atoms with Crippen molar-refractivity contribution in [1.29, 1.82) is 0 Å². The predicted molar refractivity (Wildman–Crippen MR) is 81.1 cm³/mol. The van der Waals surface area contributed by atoms with Gasteiger partial charge in [-0.05, 0) is 31.9 Å². The van der Waals surface area contributed by atoms with Gasteiger partial charge in [-0.25, -0.2) is 0 Å². The van der Waals surface area contributed by atoms with Gasteiger partial charge < -0.3 is 10.6 Å². The van der Waals surface area contributed by atoms with Gasteiger partial charge in [-0.2, -0.15) is 11.8 Å². The third kappa shape index (κ3) is 4.01. The van der Waals surface area contributed by atoms with E-state index in [9.17, 15) is 0 Å². The van der Waals surface area contributed by atoms with E-state index in [2.05, 4.69) is 42.3 Å². The Morgan fingerprint density at radius 3 is 2.89 bits per heavy atom. The smallest absolute Gasteiger partial charge is 0.0335 e. The number of hydrogen-bond acceptors (Lipinski definition) is 3. The molecular formula is C15H24N2S. The molecule has 0 aromatic heterocycles. The highest BCUT2D eigenvalue weighted by Crippen LogP contribution is 2.19. The molecule has 0 spiro atoms. The van der Waals surface area contributed by atoms with Gasteiger partial charge in [0.15, 0.2) is 0 Å². The fourth-order valence-electron chi connectivity index (χ4n) is 2.54. The van der Waals surface area contributed by atoms with Crippen LogP contribution in [0.4, 0.5) is 0 Å². The van der Waals surface area contributed by atoms with E-state index in [-0.39, 0.29) is 0 Å². The van der Waals surface area contributed by atoms with Crippen LogP contribution >= 0.6 is 11.8 Å². The molecule has 0 aliphatic carbocycles. The molecule has 3 heteroatoms. The minimum atomic E-state index is 0.325. The molecule has 0 bridgehead atoms. The molecule has 2 unspecified atom stereocenters. The van der Waals surface area contributed by atoms with Crippen LogP contribution in [-0.4, -0.2) is 42.1 Å². The van der Waals surface area contributed by atoms with Crippen molar-refractivity contribution in [3.63, 3.8) is 0 Å². The zero-order valence-corrected chi connectivity index (χ0v) is 12.0. The molecule has 0 saturated carbocycles. The van der Waals surface area contributed by atoms with Gasteiger partial charge in [-0.3, -0.25) is 0 Å². The van der Waals surface area contributed by atoms with Crippen molar-refractivity contribution < 1.29 is 0 Å². The zero-order valence-electron chi connectivity index (χ0n) is 11.2. The Balaban J connectivity index is 1.72. The number of likely N-dealkylation sites (N-methyl/N-ethyl adjacent to an activating group) is 1. The van der Waals surface area contributed by atoms with E-state index in [0.29, 0.717) is 12.1 Å². The van der Waals surface area contributed by atoms with E-state index < -0.39 is 0 Å². The highest BCUT2D eigenvalue weighted by Gasteiger charge is 2.24. The topological polar surface area (TPSA) is 29.3 Å². The molecule has 2 rings (SSSR count). The molecule has 1 saturated heterocycles. The highest BCUT2D eigenvalue weighted by atomic mass is 32.2. The summed E-state index contributed by atoms with van der Waals surface area (Å²) in [6.45, 7) is 1.18. The van der Waals surface area contributed by atoms with E-state index in [4.69, 9.17) is 5.73 Å². The number of rotatable bonds is 5. The van der Waals surface area contributed by atoms with E-state index in [1.165, 1.54) is 30.0 Å². The molecule has 1 heterocycles. The Morgan fingerprint density at radius 2 is 2.17 bits per heavy atom. The van der Waals surface area contributed by atoms with E-state index in [1.807, 2.05) is 11.8 Å². The Morgan fingerprint density at radius 1 is 1.39 bits per heavy atom. The highest BCUT2D eigenvalue weighted by molar-refractivity contribution is 7.99. The van der Waals surface area contributed by atoms with Crippen molar-refractivity contribution in [2.45, 2.75) is 31.3 Å². The number of nitrogens with zero attached hydrogens (tertiary/aromatic N) is 1. The first-order valence-electron chi connectivity index (χ1n) is 6.85. The maximum atomic E-state index is 6.35. The number of benzene rings is 1. The van der Waals surface area contributed by atoms with Crippen molar-refractivity contribution in [3.05, 3.63) is 35.9 Å². The molecule has 1 aromatic rings. The van der Waals surface area contributed by atoms with Crippen LogP contribution in [0.15, 0.2) is 30.3 Å². The fraction of sp³-hybridized carbons (Fsp3) is 0.600. The van der Waals surface area contributed by atoms with E-state index in [1.54, 1.807) is 0 Å². The lowest BCUT2D eigenvalue weighted by Gasteiger charge is -2.36. The van der Waals surface area contributed by atoms with Crippen molar-refractivity contribution in [3.8, 4) is 0 Å². The van der Waals surface area contributed by atoms with Gasteiger partial charge in [0.25, 0.3) is 0 Å². The Bertz CT molecular complexity index is 342. The molecular weight excluding hydrogens is 240 g/mol. The lowest BCUT2D eigenvalue weighted by atomic mass is 10.0. The molecule has 1 aliphatic rings. The van der Waals surface area contributed by atoms with Crippen molar-refractivity contribution in [1.82, 2.24) is 4.90 Å². The number of aryl methyl sites for hydroxylation is 1. The van der Waals surface area contributed by atoms with Crippen LogP contribution in [-0.2, 0) is 6.42 Å². The van der Waals surface area contributed by atoms with Crippen LogP contribution in [0.2, 0.25) is 0 Å². The van der Waals surface area contributed by atoms with Crippen molar-refractivity contribution >= 4 is 11.8 Å². The average molecular weight is 264 g/mol. The Kier molecular flexibility index (Phi) is 5.54. The minimum absolute atomic E-state index is 0.325. The second-order valence-electron chi connectivity index (χ2n) is 5.16. The third-order valence-electron chi connectivity index (χ3n) is 3.78. The third-order valence-corrected chi connectivity index (χ3v) is 4.83. The summed E-state index contributed by atoms with van der Waals surface area (Å²) in [4.78, 5) is 2.43. The number of thioether (sulfide) groups is 1.